The van der Waals surface area contributed by atoms with Crippen molar-refractivity contribution in [3.05, 3.63) is 29.3 Å². The Morgan fingerprint density at radius 3 is 2.82 bits per heavy atom. The fourth-order valence-corrected chi connectivity index (χ4v) is 2.09. The number of carbonyl (C=O) groups is 1. The Morgan fingerprint density at radius 2 is 2.18 bits per heavy atom. The lowest BCUT2D eigenvalue weighted by Gasteiger charge is -2.38. The molecular formula is C13H17NO3. The van der Waals surface area contributed by atoms with Gasteiger partial charge in [-0.25, -0.2) is 4.79 Å². The van der Waals surface area contributed by atoms with Crippen molar-refractivity contribution in [3.63, 3.8) is 0 Å². The van der Waals surface area contributed by atoms with Gasteiger partial charge in [0.05, 0.1) is 6.04 Å². The van der Waals surface area contributed by atoms with Crippen molar-refractivity contribution < 1.29 is 14.6 Å². The summed E-state index contributed by atoms with van der Waals surface area (Å²) in [5.41, 5.74) is 1.47. The first-order valence-corrected chi connectivity index (χ1v) is 5.63. The molecule has 4 nitrogen and oxygen atoms in total. The highest BCUT2D eigenvalue weighted by atomic mass is 16.6. The largest absolute Gasteiger partial charge is 0.508 e. The van der Waals surface area contributed by atoms with E-state index in [2.05, 4.69) is 5.32 Å². The van der Waals surface area contributed by atoms with E-state index < -0.39 is 6.09 Å². The number of hydrogen-bond donors (Lipinski definition) is 2. The maximum Gasteiger partial charge on any atom is 0.407 e. The molecule has 1 heterocycles. The van der Waals surface area contributed by atoms with Crippen LogP contribution in [0.5, 0.6) is 5.75 Å². The van der Waals surface area contributed by atoms with Gasteiger partial charge in [0.25, 0.3) is 0 Å². The summed E-state index contributed by atoms with van der Waals surface area (Å²) in [5.74, 6) is 0.213. The number of benzene rings is 1. The molecule has 1 amide bonds. The van der Waals surface area contributed by atoms with E-state index in [1.807, 2.05) is 32.9 Å². The van der Waals surface area contributed by atoms with Crippen molar-refractivity contribution >= 4 is 6.09 Å². The Balaban J connectivity index is 2.39. The third-order valence-electron chi connectivity index (χ3n) is 3.12. The summed E-state index contributed by atoms with van der Waals surface area (Å²) < 4.78 is 4.98. The minimum absolute atomic E-state index is 0.213. The van der Waals surface area contributed by atoms with Crippen molar-refractivity contribution in [2.75, 3.05) is 6.61 Å². The molecule has 2 N–H and O–H groups in total. The normalized spacial score (nSPS) is 22.8. The number of aryl methyl sites for hydroxylation is 1. The Labute approximate surface area is 101 Å². The quantitative estimate of drug-likeness (QED) is 0.786. The van der Waals surface area contributed by atoms with Gasteiger partial charge in [-0.15, -0.1) is 0 Å². The smallest absolute Gasteiger partial charge is 0.407 e. The zero-order valence-corrected chi connectivity index (χ0v) is 10.3. The van der Waals surface area contributed by atoms with Crippen LogP contribution < -0.4 is 5.32 Å². The molecule has 92 valence electrons. The molecule has 1 aliphatic heterocycles. The third kappa shape index (κ3) is 2.20. The van der Waals surface area contributed by atoms with Gasteiger partial charge in [-0.1, -0.05) is 26.0 Å². The summed E-state index contributed by atoms with van der Waals surface area (Å²) >= 11 is 0. The summed E-state index contributed by atoms with van der Waals surface area (Å²) in [4.78, 5) is 11.3. The van der Waals surface area contributed by atoms with E-state index in [0.717, 1.165) is 11.1 Å². The standard InChI is InChI=1S/C13H17NO3/c1-8-4-5-9(10(15)6-8)11-13(2,3)7-17-12(16)14-11/h4-6,11,15H,7H2,1-3H3,(H,14,16)/t11-/m0/s1. The summed E-state index contributed by atoms with van der Waals surface area (Å²) in [5, 5.41) is 12.7. The van der Waals surface area contributed by atoms with Crippen molar-refractivity contribution in [2.24, 2.45) is 5.41 Å². The lowest BCUT2D eigenvalue weighted by molar-refractivity contribution is 0.0381. The molecule has 1 fully saturated rings. The van der Waals surface area contributed by atoms with Crippen LogP contribution in [-0.4, -0.2) is 17.8 Å². The number of carbonyl (C=O) groups excluding carboxylic acids is 1. The van der Waals surface area contributed by atoms with Gasteiger partial charge in [0.1, 0.15) is 12.4 Å². The second-order valence-electron chi connectivity index (χ2n) is 5.20. The summed E-state index contributed by atoms with van der Waals surface area (Å²) in [6, 6.07) is 5.24. The molecule has 1 aromatic rings. The van der Waals surface area contributed by atoms with Crippen molar-refractivity contribution in [2.45, 2.75) is 26.8 Å². The van der Waals surface area contributed by atoms with Crippen LogP contribution in [0.3, 0.4) is 0 Å². The average Bonchev–Trinajstić information content (AvgIpc) is 2.23. The molecule has 0 bridgehead atoms. The van der Waals surface area contributed by atoms with Gasteiger partial charge in [0, 0.05) is 11.0 Å². The molecule has 2 rings (SSSR count). The fraction of sp³-hybridized carbons (Fsp3) is 0.462. The monoisotopic (exact) mass is 235 g/mol. The second kappa shape index (κ2) is 3.95. The van der Waals surface area contributed by atoms with Gasteiger partial charge in [-0.05, 0) is 18.6 Å². The van der Waals surface area contributed by atoms with Crippen LogP contribution in [0.25, 0.3) is 0 Å². The number of hydrogen-bond acceptors (Lipinski definition) is 3. The Bertz CT molecular complexity index is 454. The molecule has 1 atom stereocenters. The highest BCUT2D eigenvalue weighted by Crippen LogP contribution is 2.39. The molecule has 1 aliphatic rings. The van der Waals surface area contributed by atoms with E-state index >= 15 is 0 Å². The van der Waals surface area contributed by atoms with E-state index in [4.69, 9.17) is 4.74 Å². The lowest BCUT2D eigenvalue weighted by atomic mass is 9.80. The van der Waals surface area contributed by atoms with Crippen LogP contribution in [0, 0.1) is 12.3 Å². The van der Waals surface area contributed by atoms with E-state index in [1.54, 1.807) is 6.07 Å². The topological polar surface area (TPSA) is 58.6 Å². The SMILES string of the molecule is Cc1ccc([C@@H]2NC(=O)OCC2(C)C)c(O)c1. The first kappa shape index (κ1) is 11.8. The molecule has 4 heteroatoms. The van der Waals surface area contributed by atoms with Gasteiger partial charge in [-0.3, -0.25) is 0 Å². The summed E-state index contributed by atoms with van der Waals surface area (Å²) in [6.45, 7) is 6.25. The van der Waals surface area contributed by atoms with E-state index in [-0.39, 0.29) is 17.2 Å². The highest BCUT2D eigenvalue weighted by Gasteiger charge is 2.39. The molecule has 0 radical (unpaired) electrons. The number of ether oxygens (including phenoxy) is 1. The third-order valence-corrected chi connectivity index (χ3v) is 3.12. The number of amides is 1. The van der Waals surface area contributed by atoms with Crippen LogP contribution in [-0.2, 0) is 4.74 Å². The van der Waals surface area contributed by atoms with Gasteiger partial charge < -0.3 is 15.2 Å². The highest BCUT2D eigenvalue weighted by molar-refractivity contribution is 5.69. The first-order chi connectivity index (χ1) is 7.90. The van der Waals surface area contributed by atoms with Gasteiger partial charge in [0.15, 0.2) is 0 Å². The van der Waals surface area contributed by atoms with E-state index in [0.29, 0.717) is 6.61 Å². The number of cyclic esters (lactones) is 1. The number of rotatable bonds is 1. The lowest BCUT2D eigenvalue weighted by Crippen LogP contribution is -2.46. The Morgan fingerprint density at radius 1 is 1.47 bits per heavy atom. The van der Waals surface area contributed by atoms with Gasteiger partial charge in [0.2, 0.25) is 0 Å². The van der Waals surface area contributed by atoms with Crippen molar-refractivity contribution in [1.29, 1.82) is 0 Å². The molecule has 1 aromatic carbocycles. The number of phenols is 1. The first-order valence-electron chi connectivity index (χ1n) is 5.63. The molecule has 0 spiro atoms. The minimum Gasteiger partial charge on any atom is -0.508 e. The zero-order chi connectivity index (χ0) is 12.6. The fourth-order valence-electron chi connectivity index (χ4n) is 2.09. The van der Waals surface area contributed by atoms with Crippen LogP contribution in [0.15, 0.2) is 18.2 Å². The van der Waals surface area contributed by atoms with Gasteiger partial charge in [-0.2, -0.15) is 0 Å². The predicted molar refractivity (Wildman–Crippen MR) is 63.8 cm³/mol. The number of nitrogens with one attached hydrogen (secondary N) is 1. The molecule has 0 aliphatic carbocycles. The van der Waals surface area contributed by atoms with Crippen LogP contribution in [0.2, 0.25) is 0 Å². The minimum atomic E-state index is -0.436. The number of aromatic hydroxyl groups is 1. The molecule has 1 saturated heterocycles. The summed E-state index contributed by atoms with van der Waals surface area (Å²) in [6.07, 6.45) is -0.436. The molecule has 0 aromatic heterocycles. The molecule has 0 unspecified atom stereocenters. The molecule has 0 saturated carbocycles. The van der Waals surface area contributed by atoms with Gasteiger partial charge >= 0.3 is 6.09 Å². The van der Waals surface area contributed by atoms with Crippen molar-refractivity contribution in [1.82, 2.24) is 5.32 Å². The summed E-state index contributed by atoms with van der Waals surface area (Å²) in [7, 11) is 0. The number of phenolic OH excluding ortho intramolecular Hbond substituents is 1. The average molecular weight is 235 g/mol. The Hall–Kier alpha value is -1.71. The van der Waals surface area contributed by atoms with Crippen molar-refractivity contribution in [3.8, 4) is 5.75 Å². The molecule has 17 heavy (non-hydrogen) atoms. The van der Waals surface area contributed by atoms with Crippen LogP contribution >= 0.6 is 0 Å². The molecular weight excluding hydrogens is 218 g/mol. The maximum absolute atomic E-state index is 11.3. The maximum atomic E-state index is 11.3. The number of alkyl carbamates (subject to hydrolysis) is 1. The Kier molecular flexibility index (Phi) is 2.73. The predicted octanol–water partition coefficient (Wildman–Crippen LogP) is 2.51. The zero-order valence-electron chi connectivity index (χ0n) is 10.3. The second-order valence-corrected chi connectivity index (χ2v) is 5.20. The van der Waals surface area contributed by atoms with E-state index in [9.17, 15) is 9.90 Å². The van der Waals surface area contributed by atoms with Crippen LogP contribution in [0.1, 0.15) is 31.0 Å². The van der Waals surface area contributed by atoms with Crippen LogP contribution in [0.4, 0.5) is 4.79 Å². The van der Waals surface area contributed by atoms with E-state index in [1.165, 1.54) is 0 Å².